The summed E-state index contributed by atoms with van der Waals surface area (Å²) in [6, 6.07) is 58.1. The number of hydrogen-bond donors (Lipinski definition) is 0. The Hall–Kier alpha value is -8.06. The first-order valence-corrected chi connectivity index (χ1v) is 25.3. The predicted octanol–water partition coefficient (Wildman–Crippen LogP) is 20.8. The minimum absolute atomic E-state index is 0.0799. The molecule has 0 saturated heterocycles. The average Bonchev–Trinajstić information content (AvgIpc) is 3.90. The number of fused-ring (bicyclic) bond motifs is 10. The van der Waals surface area contributed by atoms with Crippen LogP contribution in [0.3, 0.4) is 0 Å². The van der Waals surface area contributed by atoms with E-state index in [9.17, 15) is 0 Å². The van der Waals surface area contributed by atoms with Crippen molar-refractivity contribution in [2.75, 3.05) is 0 Å². The highest BCUT2D eigenvalue weighted by Crippen LogP contribution is 2.56. The fraction of sp³-hybridized carbons (Fsp3) is 0.127. The maximum Gasteiger partial charge on any atom is -0.000697 e. The molecule has 12 aromatic rings. The third-order valence-corrected chi connectivity index (χ3v) is 15.5. The quantitative estimate of drug-likeness (QED) is 0.1000. The Morgan fingerprint density at radius 1 is 0.465 bits per heavy atom. The van der Waals surface area contributed by atoms with Crippen molar-refractivity contribution < 1.29 is 0 Å². The molecule has 0 saturated carbocycles. The molecule has 0 aliphatic rings. The SMILES string of the molecule is C=C/C=C(\C=C)c1ccc(C(/C=C\CC)=C/C)c2c3cccc4c5c(-c6ccccc6)c6c7cc8ccc(-c9c(C)cc(C(C)(C)C)cc9C)cc8c8cccc(c6c(-c6ccccc6)c5cc(c12)c43)c87. The van der Waals surface area contributed by atoms with E-state index < -0.39 is 0 Å². The highest BCUT2D eigenvalue weighted by atomic mass is 14.3. The van der Waals surface area contributed by atoms with E-state index in [-0.39, 0.29) is 5.41 Å². The molecule has 342 valence electrons. The summed E-state index contributed by atoms with van der Waals surface area (Å²) in [5.41, 5.74) is 16.4. The van der Waals surface area contributed by atoms with E-state index in [2.05, 4.69) is 238 Å². The van der Waals surface area contributed by atoms with E-state index in [1.54, 1.807) is 0 Å². The highest BCUT2D eigenvalue weighted by Gasteiger charge is 2.28. The molecule has 0 heteroatoms. The topological polar surface area (TPSA) is 0 Å². The zero-order valence-corrected chi connectivity index (χ0v) is 42.0. The Morgan fingerprint density at radius 2 is 1.03 bits per heavy atom. The summed E-state index contributed by atoms with van der Waals surface area (Å²) in [5, 5.41) is 20.5. The molecule has 0 amide bonds. The molecule has 0 bridgehead atoms. The van der Waals surface area contributed by atoms with Crippen LogP contribution < -0.4 is 0 Å². The molecule has 0 fully saturated rings. The van der Waals surface area contributed by atoms with Crippen molar-refractivity contribution in [3.63, 3.8) is 0 Å². The van der Waals surface area contributed by atoms with Crippen LogP contribution in [0.2, 0.25) is 0 Å². The molecule has 0 heterocycles. The fourth-order valence-electron chi connectivity index (χ4n) is 12.5. The molecular weight excluding hydrogens is 853 g/mol. The van der Waals surface area contributed by atoms with E-state index in [0.717, 1.165) is 17.6 Å². The fourth-order valence-corrected chi connectivity index (χ4v) is 12.5. The van der Waals surface area contributed by atoms with Gasteiger partial charge in [0.15, 0.2) is 0 Å². The molecule has 71 heavy (non-hydrogen) atoms. The van der Waals surface area contributed by atoms with Gasteiger partial charge >= 0.3 is 0 Å². The molecule has 0 spiro atoms. The lowest BCUT2D eigenvalue weighted by molar-refractivity contribution is 0.589. The van der Waals surface area contributed by atoms with Gasteiger partial charge in [0.1, 0.15) is 0 Å². The summed E-state index contributed by atoms with van der Waals surface area (Å²) in [4.78, 5) is 0. The maximum absolute atomic E-state index is 4.34. The number of hydrogen-bond acceptors (Lipinski definition) is 0. The van der Waals surface area contributed by atoms with Crippen LogP contribution in [-0.4, -0.2) is 0 Å². The van der Waals surface area contributed by atoms with Crippen molar-refractivity contribution in [3.8, 4) is 33.4 Å². The van der Waals surface area contributed by atoms with Gasteiger partial charge in [-0.25, -0.2) is 0 Å². The lowest BCUT2D eigenvalue weighted by Gasteiger charge is -2.22. The van der Waals surface area contributed by atoms with Crippen molar-refractivity contribution in [2.24, 2.45) is 0 Å². The summed E-state index contributed by atoms with van der Waals surface area (Å²) in [6.07, 6.45) is 13.8. The molecule has 0 nitrogen and oxygen atoms in total. The monoisotopic (exact) mass is 910 g/mol. The molecule has 0 aliphatic heterocycles. The second kappa shape index (κ2) is 16.8. The normalized spacial score (nSPS) is 13.0. The van der Waals surface area contributed by atoms with Crippen LogP contribution >= 0.6 is 0 Å². The zero-order valence-electron chi connectivity index (χ0n) is 42.0. The molecule has 12 aromatic carbocycles. The van der Waals surface area contributed by atoms with E-state index in [1.807, 2.05) is 12.2 Å². The third kappa shape index (κ3) is 6.65. The van der Waals surface area contributed by atoms with Gasteiger partial charge in [0, 0.05) is 0 Å². The van der Waals surface area contributed by atoms with Crippen molar-refractivity contribution in [1.82, 2.24) is 0 Å². The standard InChI is InChI=1S/C71H58/c1-10-14-24-45(13-4)52-36-35-51(44(12-3)23-11-2)67-60-41-59-62(46-25-17-15-18-26-46)69-56-32-21-29-53-57-40-49(61-42(5)37-50(38-43(61)6)71(7,8)9)34-33-48(57)39-58(64(53)56)70(69)63(47-27-19-16-20-28-47)68(59)55-31-22-30-54(65(55)60)66(52)67/h11-41H,2-3,10H2,1,4-9H3/b24-14-,44-23+,45-13+. The first kappa shape index (κ1) is 44.2. The van der Waals surface area contributed by atoms with Crippen molar-refractivity contribution in [2.45, 2.75) is 60.3 Å². The molecular formula is C71H58. The molecule has 0 aliphatic carbocycles. The number of benzene rings is 10. The third-order valence-electron chi connectivity index (χ3n) is 15.5. The summed E-state index contributed by atoms with van der Waals surface area (Å²) < 4.78 is 0. The smallest absolute Gasteiger partial charge is 0.000697 e. The van der Waals surface area contributed by atoms with Crippen LogP contribution in [0.1, 0.15) is 68.9 Å². The van der Waals surface area contributed by atoms with Crippen LogP contribution in [0.25, 0.3) is 131 Å². The number of rotatable bonds is 9. The van der Waals surface area contributed by atoms with E-state index >= 15 is 0 Å². The van der Waals surface area contributed by atoms with Gasteiger partial charge < -0.3 is 0 Å². The van der Waals surface area contributed by atoms with Gasteiger partial charge in [-0.3, -0.25) is 0 Å². The van der Waals surface area contributed by atoms with Crippen LogP contribution in [0.4, 0.5) is 0 Å². The van der Waals surface area contributed by atoms with Gasteiger partial charge in [-0.2, -0.15) is 0 Å². The van der Waals surface area contributed by atoms with E-state index in [1.165, 1.54) is 147 Å². The van der Waals surface area contributed by atoms with Crippen LogP contribution in [0, 0.1) is 13.8 Å². The van der Waals surface area contributed by atoms with E-state index in [0.29, 0.717) is 0 Å². The number of allylic oxidation sites excluding steroid dienone is 8. The second-order valence-corrected chi connectivity index (χ2v) is 20.7. The van der Waals surface area contributed by atoms with Crippen molar-refractivity contribution in [3.05, 3.63) is 229 Å². The molecule has 0 aromatic heterocycles. The van der Waals surface area contributed by atoms with Gasteiger partial charge in [-0.05, 0) is 209 Å². The summed E-state index contributed by atoms with van der Waals surface area (Å²) in [7, 11) is 0. The van der Waals surface area contributed by atoms with Gasteiger partial charge in [0.25, 0.3) is 0 Å². The van der Waals surface area contributed by atoms with Gasteiger partial charge in [0.2, 0.25) is 0 Å². The Bertz CT molecular complexity index is 4230. The van der Waals surface area contributed by atoms with Crippen LogP contribution in [0.5, 0.6) is 0 Å². The first-order chi connectivity index (χ1) is 34.6. The lowest BCUT2D eigenvalue weighted by Crippen LogP contribution is -2.12. The molecule has 0 atom stereocenters. The molecule has 0 radical (unpaired) electrons. The van der Waals surface area contributed by atoms with Crippen LogP contribution in [0.15, 0.2) is 201 Å². The van der Waals surface area contributed by atoms with Crippen LogP contribution in [-0.2, 0) is 5.41 Å². The second-order valence-electron chi connectivity index (χ2n) is 20.7. The molecule has 0 unspecified atom stereocenters. The van der Waals surface area contributed by atoms with Gasteiger partial charge in [-0.1, -0.05) is 211 Å². The summed E-state index contributed by atoms with van der Waals surface area (Å²) >= 11 is 0. The van der Waals surface area contributed by atoms with Gasteiger partial charge in [0.05, 0.1) is 0 Å². The predicted molar refractivity (Wildman–Crippen MR) is 315 cm³/mol. The Morgan fingerprint density at radius 3 is 1.65 bits per heavy atom. The minimum Gasteiger partial charge on any atom is -0.0990 e. The molecule has 0 N–H and O–H groups in total. The maximum atomic E-state index is 4.34. The zero-order chi connectivity index (χ0) is 48.9. The highest BCUT2D eigenvalue weighted by molar-refractivity contribution is 6.46. The Kier molecular flexibility index (Phi) is 10.5. The minimum atomic E-state index is 0.0799. The number of aryl methyl sites for hydroxylation is 2. The summed E-state index contributed by atoms with van der Waals surface area (Å²) in [5.74, 6) is 0. The average molecular weight is 911 g/mol. The van der Waals surface area contributed by atoms with E-state index in [4.69, 9.17) is 0 Å². The summed E-state index contributed by atoms with van der Waals surface area (Å²) in [6.45, 7) is 24.3. The van der Waals surface area contributed by atoms with Gasteiger partial charge in [-0.15, -0.1) is 0 Å². The largest absolute Gasteiger partial charge is 0.0990 e. The van der Waals surface area contributed by atoms with Crippen molar-refractivity contribution >= 4 is 97.3 Å². The lowest BCUT2D eigenvalue weighted by atomic mass is 9.82. The Balaban J connectivity index is 1.30. The first-order valence-electron chi connectivity index (χ1n) is 25.3. The van der Waals surface area contributed by atoms with Crippen molar-refractivity contribution in [1.29, 1.82) is 0 Å². The Labute approximate surface area is 417 Å². The molecule has 12 rings (SSSR count).